The van der Waals surface area contributed by atoms with Crippen LogP contribution in [0.25, 0.3) is 0 Å². The van der Waals surface area contributed by atoms with Gasteiger partial charge in [-0.25, -0.2) is 4.79 Å². The summed E-state index contributed by atoms with van der Waals surface area (Å²) < 4.78 is 15.7. The number of primary amides is 1. The van der Waals surface area contributed by atoms with Crippen molar-refractivity contribution in [2.45, 2.75) is 19.4 Å². The molecule has 2 rings (SSSR count). The van der Waals surface area contributed by atoms with Gasteiger partial charge in [0.15, 0.2) is 11.5 Å². The van der Waals surface area contributed by atoms with Gasteiger partial charge in [0.1, 0.15) is 6.10 Å². The number of carbonyl (C=O) groups excluding carboxylic acids is 2. The van der Waals surface area contributed by atoms with Gasteiger partial charge in [0.25, 0.3) is 0 Å². The largest absolute Gasteiger partial charge is 0.493 e. The van der Waals surface area contributed by atoms with E-state index in [1.54, 1.807) is 43.4 Å². The van der Waals surface area contributed by atoms with Gasteiger partial charge in [-0.2, -0.15) is 0 Å². The molecule has 0 saturated carbocycles. The molecule has 0 heterocycles. The lowest BCUT2D eigenvalue weighted by Crippen LogP contribution is -2.36. The molecular weight excluding hydrogens is 422 g/mol. The first-order chi connectivity index (χ1) is 14.9. The number of hydrogen-bond donors (Lipinski definition) is 2. The number of nitrogens with one attached hydrogen (secondary N) is 1. The van der Waals surface area contributed by atoms with Crippen LogP contribution < -0.4 is 20.5 Å². The highest BCUT2D eigenvalue weighted by atomic mass is 35.5. The molecule has 0 aliphatic heterocycles. The second-order valence-corrected chi connectivity index (χ2v) is 7.09. The van der Waals surface area contributed by atoms with E-state index in [9.17, 15) is 9.59 Å². The van der Waals surface area contributed by atoms with Gasteiger partial charge in [-0.3, -0.25) is 4.79 Å². The summed E-state index contributed by atoms with van der Waals surface area (Å²) in [5.74, 6) is 1.10. The maximum Gasteiger partial charge on any atom is 0.405 e. The van der Waals surface area contributed by atoms with Crippen LogP contribution >= 0.6 is 11.6 Å². The summed E-state index contributed by atoms with van der Waals surface area (Å²) in [6.45, 7) is 3.39. The van der Waals surface area contributed by atoms with Gasteiger partial charge in [-0.15, -0.1) is 0 Å². The van der Waals surface area contributed by atoms with Crippen LogP contribution in [0.5, 0.6) is 11.5 Å². The van der Waals surface area contributed by atoms with E-state index in [4.69, 9.17) is 31.5 Å². The van der Waals surface area contributed by atoms with Gasteiger partial charge in [-0.1, -0.05) is 23.7 Å². The smallest absolute Gasteiger partial charge is 0.405 e. The summed E-state index contributed by atoms with van der Waals surface area (Å²) >= 11 is 5.91. The molecule has 0 radical (unpaired) electrons. The Morgan fingerprint density at radius 3 is 2.35 bits per heavy atom. The normalized spacial score (nSPS) is 11.4. The lowest BCUT2D eigenvalue weighted by Gasteiger charge is -2.24. The number of methoxy groups -OCH3 is 2. The molecule has 0 aliphatic rings. The van der Waals surface area contributed by atoms with Gasteiger partial charge in [0.05, 0.1) is 20.6 Å². The van der Waals surface area contributed by atoms with E-state index in [0.29, 0.717) is 41.7 Å². The van der Waals surface area contributed by atoms with Crippen LogP contribution in [0.15, 0.2) is 42.5 Å². The molecule has 9 heteroatoms. The molecule has 8 nitrogen and oxygen atoms in total. The van der Waals surface area contributed by atoms with E-state index in [1.807, 2.05) is 25.1 Å². The van der Waals surface area contributed by atoms with Gasteiger partial charge in [-0.05, 0) is 36.8 Å². The fourth-order valence-electron chi connectivity index (χ4n) is 3.07. The Hall–Kier alpha value is -3.13. The molecule has 0 aliphatic carbocycles. The molecule has 2 aromatic carbocycles. The summed E-state index contributed by atoms with van der Waals surface area (Å²) in [6.07, 6.45) is -1.74. The van der Waals surface area contributed by atoms with E-state index < -0.39 is 12.2 Å². The molecule has 0 saturated heterocycles. The summed E-state index contributed by atoms with van der Waals surface area (Å²) in [7, 11) is 3.15. The predicted molar refractivity (Wildman–Crippen MR) is 120 cm³/mol. The van der Waals surface area contributed by atoms with Crippen molar-refractivity contribution in [1.29, 1.82) is 0 Å². The number of benzene rings is 2. The van der Waals surface area contributed by atoms with Crippen LogP contribution in [0.3, 0.4) is 0 Å². The molecule has 0 fully saturated rings. The number of nitrogens with two attached hydrogens (primary N) is 1. The molecule has 31 heavy (non-hydrogen) atoms. The minimum atomic E-state index is -0.939. The lowest BCUT2D eigenvalue weighted by atomic mass is 10.1. The van der Waals surface area contributed by atoms with Crippen LogP contribution in [0.1, 0.15) is 25.0 Å². The fourth-order valence-corrected chi connectivity index (χ4v) is 3.20. The van der Waals surface area contributed by atoms with Gasteiger partial charge in [0, 0.05) is 36.4 Å². The number of anilines is 1. The lowest BCUT2D eigenvalue weighted by molar-refractivity contribution is -0.133. The highest BCUT2D eigenvalue weighted by molar-refractivity contribution is 6.30. The highest BCUT2D eigenvalue weighted by Gasteiger charge is 2.22. The Kier molecular flexibility index (Phi) is 9.27. The molecule has 0 spiro atoms. The molecule has 2 aromatic rings. The molecular formula is C22H28ClN3O5. The molecule has 1 atom stereocenters. The first-order valence-electron chi connectivity index (χ1n) is 9.83. The van der Waals surface area contributed by atoms with E-state index in [1.165, 1.54) is 0 Å². The third-order valence-corrected chi connectivity index (χ3v) is 4.94. The zero-order valence-corrected chi connectivity index (χ0v) is 18.6. The van der Waals surface area contributed by atoms with E-state index in [0.717, 1.165) is 5.69 Å². The minimum Gasteiger partial charge on any atom is -0.493 e. The number of nitrogens with zero attached hydrogens (tertiary/aromatic N) is 1. The zero-order valence-electron chi connectivity index (χ0n) is 17.9. The standard InChI is InChI=1S/C22H28ClN3O5/c1-4-26(12-11-25-17-9-10-18(29-2)20(13-17)30-3)21(27)14-19(31-22(24)28)15-5-7-16(23)8-6-15/h5-10,13,19,25H,4,11-12,14H2,1-3H3,(H2,24,28). The first kappa shape index (κ1) is 24.1. The molecule has 1 unspecified atom stereocenters. The molecule has 0 aromatic heterocycles. The number of likely N-dealkylation sites (N-methyl/N-ethyl adjacent to an activating group) is 1. The van der Waals surface area contributed by atoms with Gasteiger partial charge >= 0.3 is 6.09 Å². The molecule has 168 valence electrons. The van der Waals surface area contributed by atoms with Gasteiger partial charge in [0.2, 0.25) is 5.91 Å². The number of carbonyl (C=O) groups is 2. The molecule has 3 N–H and O–H groups in total. The average Bonchev–Trinajstić information content (AvgIpc) is 2.76. The van der Waals surface area contributed by atoms with Crippen molar-refractivity contribution in [2.75, 3.05) is 39.2 Å². The first-order valence-corrected chi connectivity index (χ1v) is 10.2. The van der Waals surface area contributed by atoms with Crippen molar-refractivity contribution < 1.29 is 23.8 Å². The van der Waals surface area contributed by atoms with E-state index in [-0.39, 0.29) is 12.3 Å². The number of amides is 2. The average molecular weight is 450 g/mol. The quantitative estimate of drug-likeness (QED) is 0.540. The van der Waals surface area contributed by atoms with Gasteiger partial charge < -0.3 is 30.2 Å². The third-order valence-electron chi connectivity index (χ3n) is 4.69. The van der Waals surface area contributed by atoms with Crippen molar-refractivity contribution in [3.8, 4) is 11.5 Å². The Morgan fingerprint density at radius 2 is 1.77 bits per heavy atom. The predicted octanol–water partition coefficient (Wildman–Crippen LogP) is 3.84. The topological polar surface area (TPSA) is 103 Å². The Balaban J connectivity index is 1.98. The van der Waals surface area contributed by atoms with E-state index >= 15 is 0 Å². The van der Waals surface area contributed by atoms with Crippen LogP contribution in [0, 0.1) is 0 Å². The molecule has 2 amide bonds. The number of ether oxygens (including phenoxy) is 3. The fraction of sp³-hybridized carbons (Fsp3) is 0.364. The maximum absolute atomic E-state index is 12.8. The SMILES string of the molecule is CCN(CCNc1ccc(OC)c(OC)c1)C(=O)CC(OC(N)=O)c1ccc(Cl)cc1. The highest BCUT2D eigenvalue weighted by Crippen LogP contribution is 2.29. The second-order valence-electron chi connectivity index (χ2n) is 6.65. The van der Waals surface area contributed by atoms with Crippen LogP contribution in [-0.2, 0) is 9.53 Å². The third kappa shape index (κ3) is 7.25. The summed E-state index contributed by atoms with van der Waals surface area (Å²) in [4.78, 5) is 25.8. The zero-order chi connectivity index (χ0) is 22.8. The monoisotopic (exact) mass is 449 g/mol. The Morgan fingerprint density at radius 1 is 1.10 bits per heavy atom. The van der Waals surface area contributed by atoms with Crippen LogP contribution in [0.4, 0.5) is 10.5 Å². The van der Waals surface area contributed by atoms with E-state index in [2.05, 4.69) is 5.32 Å². The van der Waals surface area contributed by atoms with Crippen molar-refractivity contribution in [2.24, 2.45) is 5.73 Å². The van der Waals surface area contributed by atoms with Crippen molar-refractivity contribution in [1.82, 2.24) is 4.90 Å². The van der Waals surface area contributed by atoms with Crippen molar-refractivity contribution >= 4 is 29.3 Å². The van der Waals surface area contributed by atoms with Crippen LogP contribution in [0.2, 0.25) is 5.02 Å². The molecule has 0 bridgehead atoms. The second kappa shape index (κ2) is 11.9. The number of halogens is 1. The van der Waals surface area contributed by atoms with Crippen LogP contribution in [-0.4, -0.2) is 50.8 Å². The Labute approximate surface area is 187 Å². The summed E-state index contributed by atoms with van der Waals surface area (Å²) in [5, 5.41) is 3.81. The maximum atomic E-state index is 12.8. The number of hydrogen-bond acceptors (Lipinski definition) is 6. The summed E-state index contributed by atoms with van der Waals surface area (Å²) in [5.41, 5.74) is 6.69. The Bertz CT molecular complexity index is 876. The summed E-state index contributed by atoms with van der Waals surface area (Å²) in [6, 6.07) is 12.3. The van der Waals surface area contributed by atoms with Crippen molar-refractivity contribution in [3.05, 3.63) is 53.1 Å². The number of rotatable bonds is 11. The van der Waals surface area contributed by atoms with Crippen molar-refractivity contribution in [3.63, 3.8) is 0 Å². The minimum absolute atomic E-state index is 0.0191.